The van der Waals surface area contributed by atoms with Crippen molar-refractivity contribution in [3.63, 3.8) is 0 Å². The summed E-state index contributed by atoms with van der Waals surface area (Å²) in [5, 5.41) is 12.9. The number of piperidine rings is 1. The first kappa shape index (κ1) is 22.7. The summed E-state index contributed by atoms with van der Waals surface area (Å²) < 4.78 is 42.7. The first-order valence-corrected chi connectivity index (χ1v) is 10.4. The fourth-order valence-electron chi connectivity index (χ4n) is 4.00. The lowest BCUT2D eigenvalue weighted by atomic mass is 9.92. The average molecular weight is 458 g/mol. The summed E-state index contributed by atoms with van der Waals surface area (Å²) in [7, 11) is 0. The van der Waals surface area contributed by atoms with Crippen molar-refractivity contribution in [1.29, 1.82) is 0 Å². The predicted octanol–water partition coefficient (Wildman–Crippen LogP) is 2.24. The Hall–Kier alpha value is -3.50. The van der Waals surface area contributed by atoms with Crippen LogP contribution in [0.3, 0.4) is 0 Å². The smallest absolute Gasteiger partial charge is 0.274 e. The highest BCUT2D eigenvalue weighted by Gasteiger charge is 2.34. The molecule has 0 spiro atoms. The van der Waals surface area contributed by atoms with Gasteiger partial charge in [-0.05, 0) is 30.3 Å². The van der Waals surface area contributed by atoms with Crippen molar-refractivity contribution in [2.24, 2.45) is 5.92 Å². The van der Waals surface area contributed by atoms with Crippen molar-refractivity contribution in [2.75, 3.05) is 23.3 Å². The summed E-state index contributed by atoms with van der Waals surface area (Å²) in [6.07, 6.45) is 2.51. The molecule has 0 aliphatic carbocycles. The van der Waals surface area contributed by atoms with Gasteiger partial charge in [-0.2, -0.15) is 0 Å². The maximum absolute atomic E-state index is 14.3. The van der Waals surface area contributed by atoms with E-state index in [1.165, 1.54) is 6.20 Å². The average Bonchev–Trinajstić information content (AvgIpc) is 2.78. The van der Waals surface area contributed by atoms with Crippen LogP contribution in [0.4, 0.5) is 24.5 Å². The van der Waals surface area contributed by atoms with Gasteiger partial charge in [0.05, 0.1) is 29.7 Å². The maximum atomic E-state index is 14.3. The molecule has 3 heterocycles. The van der Waals surface area contributed by atoms with Crippen LogP contribution in [0.25, 0.3) is 11.3 Å². The molecule has 1 aliphatic rings. The molecule has 0 unspecified atom stereocenters. The van der Waals surface area contributed by atoms with Crippen LogP contribution < -0.4 is 16.0 Å². The zero-order valence-electron chi connectivity index (χ0n) is 17.8. The number of hydrogen-bond acceptors (Lipinski definition) is 5. The highest BCUT2D eigenvalue weighted by molar-refractivity contribution is 6.04. The monoisotopic (exact) mass is 458 g/mol. The minimum Gasteiger partial charge on any atom is -0.387 e. The summed E-state index contributed by atoms with van der Waals surface area (Å²) in [5.41, 5.74) is 3.60. The van der Waals surface area contributed by atoms with Crippen LogP contribution in [-0.2, 0) is 0 Å². The van der Waals surface area contributed by atoms with Crippen LogP contribution in [0.2, 0.25) is 0 Å². The minimum absolute atomic E-state index is 0.0324. The third-order valence-electron chi connectivity index (χ3n) is 5.69. The Morgan fingerprint density at radius 3 is 2.55 bits per heavy atom. The molecular weight excluding hydrogens is 435 g/mol. The van der Waals surface area contributed by atoms with Gasteiger partial charge in [-0.1, -0.05) is 13.0 Å². The third-order valence-corrected chi connectivity index (χ3v) is 5.69. The molecule has 172 valence electrons. The van der Waals surface area contributed by atoms with Crippen LogP contribution in [0, 0.1) is 23.4 Å². The van der Waals surface area contributed by atoms with E-state index in [1.54, 1.807) is 12.3 Å². The number of carbonyl (C=O) groups excluding carboxylic acids is 1. The Morgan fingerprint density at radius 1 is 1.12 bits per heavy atom. The van der Waals surface area contributed by atoms with Crippen molar-refractivity contribution < 1.29 is 28.8 Å². The fourth-order valence-corrected chi connectivity index (χ4v) is 4.00. The molecule has 1 aromatic carbocycles. The normalized spacial score (nSPS) is 20.5. The lowest BCUT2D eigenvalue weighted by Crippen LogP contribution is -2.74. The molecule has 0 saturated carbocycles. The molecular formula is C23H23F3N5O2+. The third kappa shape index (κ3) is 4.53. The maximum Gasteiger partial charge on any atom is 0.274 e. The van der Waals surface area contributed by atoms with E-state index in [-0.39, 0.29) is 17.7 Å². The lowest BCUT2D eigenvalue weighted by molar-refractivity contribution is -0.439. The number of benzene rings is 1. The Labute approximate surface area is 188 Å². The Kier molecular flexibility index (Phi) is 6.30. The first-order valence-electron chi connectivity index (χ1n) is 10.4. The standard InChI is InChI=1S/C23H22F3N5O2/c1-12-10-31(11-16(27)22(12)32)19-7-8-28-9-18(19)30-23(33)17-6-5-15(26)21(29-17)20-13(24)3-2-4-14(20)25/h2-9,12,16,22,32H,10-11,27H2,1H3,(H,30,33)/p+1/t12-,16+,22+/m0/s1. The quantitative estimate of drug-likeness (QED) is 0.556. The highest BCUT2D eigenvalue weighted by atomic mass is 19.1. The van der Waals surface area contributed by atoms with Gasteiger partial charge in [0.15, 0.2) is 0 Å². The molecule has 1 aliphatic heterocycles. The zero-order chi connectivity index (χ0) is 23.7. The zero-order valence-corrected chi connectivity index (χ0v) is 17.8. The van der Waals surface area contributed by atoms with Gasteiger partial charge in [0.25, 0.3) is 5.91 Å². The second kappa shape index (κ2) is 9.16. The summed E-state index contributed by atoms with van der Waals surface area (Å²) in [6.45, 7) is 2.94. The van der Waals surface area contributed by atoms with E-state index in [9.17, 15) is 23.1 Å². The van der Waals surface area contributed by atoms with E-state index in [0.717, 1.165) is 30.3 Å². The molecule has 7 nitrogen and oxygen atoms in total. The van der Waals surface area contributed by atoms with Crippen molar-refractivity contribution in [1.82, 2.24) is 9.97 Å². The van der Waals surface area contributed by atoms with Gasteiger partial charge in [0.2, 0.25) is 0 Å². The molecule has 3 atom stereocenters. The largest absolute Gasteiger partial charge is 0.387 e. The summed E-state index contributed by atoms with van der Waals surface area (Å²) in [5.74, 6) is -3.66. The van der Waals surface area contributed by atoms with Gasteiger partial charge in [-0.3, -0.25) is 9.78 Å². The van der Waals surface area contributed by atoms with E-state index in [1.807, 2.05) is 11.8 Å². The van der Waals surface area contributed by atoms with Gasteiger partial charge in [-0.15, -0.1) is 0 Å². The number of pyridine rings is 2. The second-order valence-electron chi connectivity index (χ2n) is 8.10. The van der Waals surface area contributed by atoms with E-state index in [2.05, 4.69) is 21.0 Å². The summed E-state index contributed by atoms with van der Waals surface area (Å²) in [4.78, 5) is 22.9. The van der Waals surface area contributed by atoms with Crippen LogP contribution in [0.1, 0.15) is 17.4 Å². The molecule has 3 aromatic rings. The first-order chi connectivity index (χ1) is 15.8. The highest BCUT2D eigenvalue weighted by Crippen LogP contribution is 2.30. The number of aromatic nitrogens is 2. The number of amides is 1. The minimum atomic E-state index is -0.988. The van der Waals surface area contributed by atoms with Gasteiger partial charge in [-0.25, -0.2) is 18.2 Å². The van der Waals surface area contributed by atoms with E-state index in [4.69, 9.17) is 0 Å². The molecule has 1 amide bonds. The Balaban J connectivity index is 1.63. The van der Waals surface area contributed by atoms with Crippen molar-refractivity contribution in [2.45, 2.75) is 19.1 Å². The number of hydrogen-bond donors (Lipinski definition) is 3. The Morgan fingerprint density at radius 2 is 1.85 bits per heavy atom. The molecule has 4 rings (SSSR count). The SMILES string of the molecule is C[C@H]1CN(c2ccncc2NC(=O)c2ccc(F)c(-c3c(F)cccc3F)n2)C[C@@H]([NH3+])[C@@H]1O. The number of anilines is 2. The number of nitrogens with zero attached hydrogens (tertiary/aromatic N) is 3. The van der Waals surface area contributed by atoms with Crippen LogP contribution in [-0.4, -0.2) is 46.2 Å². The number of rotatable bonds is 4. The summed E-state index contributed by atoms with van der Waals surface area (Å²) in [6, 6.07) is 6.71. The van der Waals surface area contributed by atoms with Crippen molar-refractivity contribution in [3.05, 3.63) is 71.9 Å². The van der Waals surface area contributed by atoms with Crippen molar-refractivity contribution >= 4 is 17.3 Å². The summed E-state index contributed by atoms with van der Waals surface area (Å²) >= 11 is 0. The molecule has 10 heteroatoms. The predicted molar refractivity (Wildman–Crippen MR) is 116 cm³/mol. The Bertz CT molecular complexity index is 1160. The number of aliphatic hydroxyl groups excluding tert-OH is 1. The molecule has 5 N–H and O–H groups in total. The number of carbonyl (C=O) groups is 1. The number of nitrogens with one attached hydrogen (secondary N) is 1. The molecule has 2 aromatic heterocycles. The van der Waals surface area contributed by atoms with Gasteiger partial charge in [0, 0.05) is 18.7 Å². The fraction of sp³-hybridized carbons (Fsp3) is 0.261. The molecule has 1 fully saturated rings. The van der Waals surface area contributed by atoms with E-state index < -0.39 is 40.7 Å². The van der Waals surface area contributed by atoms with Crippen molar-refractivity contribution in [3.8, 4) is 11.3 Å². The van der Waals surface area contributed by atoms with E-state index in [0.29, 0.717) is 24.5 Å². The van der Waals surface area contributed by atoms with Gasteiger partial charge in [0.1, 0.15) is 41.0 Å². The van der Waals surface area contributed by atoms with Crippen LogP contribution in [0.5, 0.6) is 0 Å². The van der Waals surface area contributed by atoms with Crippen LogP contribution in [0.15, 0.2) is 48.8 Å². The molecule has 0 bridgehead atoms. The van der Waals surface area contributed by atoms with Crippen LogP contribution >= 0.6 is 0 Å². The van der Waals surface area contributed by atoms with Gasteiger partial charge < -0.3 is 21.1 Å². The molecule has 33 heavy (non-hydrogen) atoms. The topological polar surface area (TPSA) is 106 Å². The lowest BCUT2D eigenvalue weighted by Gasteiger charge is -2.38. The molecule has 0 radical (unpaired) electrons. The van der Waals surface area contributed by atoms with E-state index >= 15 is 0 Å². The molecule has 1 saturated heterocycles. The number of quaternary nitrogens is 1. The second-order valence-corrected chi connectivity index (χ2v) is 8.10. The number of halogens is 3. The number of aliphatic hydroxyl groups is 1. The van der Waals surface area contributed by atoms with Gasteiger partial charge >= 0.3 is 0 Å².